The molecule has 1 atom stereocenters. The van der Waals surface area contributed by atoms with Gasteiger partial charge in [-0.15, -0.1) is 0 Å². The molecule has 2 aliphatic rings. The summed E-state index contributed by atoms with van der Waals surface area (Å²) in [5.74, 6) is 0.698. The maximum absolute atomic E-state index is 12.1. The highest BCUT2D eigenvalue weighted by Gasteiger charge is 2.31. The largest absolute Gasteiger partial charge is 0.380 e. The number of hydrogen-bond acceptors (Lipinski definition) is 2. The number of likely N-dealkylation sites (tertiary alicyclic amines) is 1. The predicted octanol–water partition coefficient (Wildman–Crippen LogP) is 1.81. The monoisotopic (exact) mass is 211 g/mol. The fourth-order valence-electron chi connectivity index (χ4n) is 2.73. The summed E-state index contributed by atoms with van der Waals surface area (Å²) in [6, 6.07) is 0. The van der Waals surface area contributed by atoms with Crippen molar-refractivity contribution in [1.29, 1.82) is 0 Å². The minimum Gasteiger partial charge on any atom is -0.380 e. The van der Waals surface area contributed by atoms with Crippen LogP contribution in [0.2, 0.25) is 0 Å². The zero-order valence-electron chi connectivity index (χ0n) is 9.58. The fourth-order valence-corrected chi connectivity index (χ4v) is 2.73. The van der Waals surface area contributed by atoms with E-state index in [1.54, 1.807) is 7.11 Å². The molecule has 0 bridgehead atoms. The van der Waals surface area contributed by atoms with Crippen LogP contribution in [0.15, 0.2) is 0 Å². The lowest BCUT2D eigenvalue weighted by molar-refractivity contribution is -0.135. The van der Waals surface area contributed by atoms with E-state index in [1.807, 2.05) is 4.90 Å². The van der Waals surface area contributed by atoms with Crippen LogP contribution in [0.5, 0.6) is 0 Å². The lowest BCUT2D eigenvalue weighted by atomic mass is 9.88. The van der Waals surface area contributed by atoms with E-state index in [4.69, 9.17) is 4.74 Å². The van der Waals surface area contributed by atoms with Crippen molar-refractivity contribution in [2.75, 3.05) is 20.2 Å². The quantitative estimate of drug-likeness (QED) is 0.697. The van der Waals surface area contributed by atoms with Crippen LogP contribution in [0, 0.1) is 5.92 Å². The average molecular weight is 211 g/mol. The van der Waals surface area contributed by atoms with Gasteiger partial charge in [0.2, 0.25) is 5.91 Å². The summed E-state index contributed by atoms with van der Waals surface area (Å²) in [4.78, 5) is 14.1. The summed E-state index contributed by atoms with van der Waals surface area (Å²) in [5, 5.41) is 0. The maximum atomic E-state index is 12.1. The summed E-state index contributed by atoms with van der Waals surface area (Å²) >= 11 is 0. The van der Waals surface area contributed by atoms with Crippen LogP contribution >= 0.6 is 0 Å². The molecule has 0 aromatic carbocycles. The Bertz CT molecular complexity index is 224. The number of rotatable bonds is 2. The maximum Gasteiger partial charge on any atom is 0.225 e. The van der Waals surface area contributed by atoms with Gasteiger partial charge in [-0.1, -0.05) is 19.3 Å². The highest BCUT2D eigenvalue weighted by Crippen LogP contribution is 2.27. The Balaban J connectivity index is 1.85. The molecule has 3 heteroatoms. The molecule has 1 aliphatic heterocycles. The van der Waals surface area contributed by atoms with Gasteiger partial charge in [0.25, 0.3) is 0 Å². The summed E-state index contributed by atoms with van der Waals surface area (Å²) in [5.41, 5.74) is 0. The summed E-state index contributed by atoms with van der Waals surface area (Å²) < 4.78 is 5.28. The van der Waals surface area contributed by atoms with Crippen molar-refractivity contribution in [3.8, 4) is 0 Å². The molecule has 2 rings (SSSR count). The molecule has 0 aromatic heterocycles. The Morgan fingerprint density at radius 3 is 2.53 bits per heavy atom. The number of carbonyl (C=O) groups excluding carboxylic acids is 1. The first-order valence-corrected chi connectivity index (χ1v) is 6.13. The Morgan fingerprint density at radius 1 is 1.20 bits per heavy atom. The molecule has 1 heterocycles. The summed E-state index contributed by atoms with van der Waals surface area (Å²) in [6.07, 6.45) is 7.27. The van der Waals surface area contributed by atoms with Gasteiger partial charge in [-0.3, -0.25) is 4.79 Å². The molecule has 1 aliphatic carbocycles. The van der Waals surface area contributed by atoms with Gasteiger partial charge in [0.15, 0.2) is 0 Å². The average Bonchev–Trinajstić information content (AvgIpc) is 2.78. The fraction of sp³-hybridized carbons (Fsp3) is 0.917. The van der Waals surface area contributed by atoms with Gasteiger partial charge >= 0.3 is 0 Å². The minimum absolute atomic E-state index is 0.276. The number of nitrogens with zero attached hydrogens (tertiary/aromatic N) is 1. The zero-order valence-corrected chi connectivity index (χ0v) is 9.58. The molecule has 1 amide bonds. The predicted molar refractivity (Wildman–Crippen MR) is 58.6 cm³/mol. The van der Waals surface area contributed by atoms with E-state index in [-0.39, 0.29) is 6.10 Å². The first-order valence-electron chi connectivity index (χ1n) is 6.13. The number of amides is 1. The van der Waals surface area contributed by atoms with Gasteiger partial charge in [-0.05, 0) is 19.3 Å². The van der Waals surface area contributed by atoms with Gasteiger partial charge in [-0.2, -0.15) is 0 Å². The third-order valence-electron chi connectivity index (χ3n) is 3.74. The van der Waals surface area contributed by atoms with Gasteiger partial charge in [-0.25, -0.2) is 0 Å². The lowest BCUT2D eigenvalue weighted by Crippen LogP contribution is -2.36. The van der Waals surface area contributed by atoms with Crippen LogP contribution in [0.4, 0.5) is 0 Å². The molecule has 0 N–H and O–H groups in total. The molecule has 0 aromatic rings. The topological polar surface area (TPSA) is 29.5 Å². The van der Waals surface area contributed by atoms with Crippen molar-refractivity contribution in [3.05, 3.63) is 0 Å². The van der Waals surface area contributed by atoms with Gasteiger partial charge in [0.1, 0.15) is 0 Å². The molecule has 3 nitrogen and oxygen atoms in total. The zero-order chi connectivity index (χ0) is 10.7. The molecule has 1 saturated carbocycles. The second-order valence-corrected chi connectivity index (χ2v) is 4.77. The van der Waals surface area contributed by atoms with E-state index < -0.39 is 0 Å². The number of carbonyl (C=O) groups is 1. The number of hydrogen-bond donors (Lipinski definition) is 0. The van der Waals surface area contributed by atoms with Crippen molar-refractivity contribution >= 4 is 5.91 Å². The van der Waals surface area contributed by atoms with Crippen LogP contribution < -0.4 is 0 Å². The van der Waals surface area contributed by atoms with Crippen LogP contribution in [0.3, 0.4) is 0 Å². The molecule has 86 valence electrons. The number of methoxy groups -OCH3 is 1. The Hall–Kier alpha value is -0.570. The summed E-state index contributed by atoms with van der Waals surface area (Å²) in [7, 11) is 1.74. The second-order valence-electron chi connectivity index (χ2n) is 4.77. The number of ether oxygens (including phenoxy) is 1. The first-order chi connectivity index (χ1) is 7.31. The van der Waals surface area contributed by atoms with Gasteiger partial charge < -0.3 is 9.64 Å². The second kappa shape index (κ2) is 4.97. The van der Waals surface area contributed by atoms with E-state index in [1.165, 1.54) is 19.3 Å². The smallest absolute Gasteiger partial charge is 0.225 e. The third-order valence-corrected chi connectivity index (χ3v) is 3.74. The standard InChI is InChI=1S/C12H21NO2/c1-15-11-7-8-13(9-11)12(14)10-5-3-2-4-6-10/h10-11H,2-9H2,1H3. The SMILES string of the molecule is COC1CCN(C(=O)C2CCCCC2)C1. The van der Waals surface area contributed by atoms with Crippen LogP contribution in [-0.4, -0.2) is 37.1 Å². The molecule has 1 saturated heterocycles. The normalized spacial score (nSPS) is 28.3. The van der Waals surface area contributed by atoms with Crippen molar-refractivity contribution < 1.29 is 9.53 Å². The van der Waals surface area contributed by atoms with E-state index in [0.29, 0.717) is 11.8 Å². The minimum atomic E-state index is 0.276. The van der Waals surface area contributed by atoms with Crippen LogP contribution in [0.1, 0.15) is 38.5 Å². The Kier molecular flexibility index (Phi) is 3.62. The lowest BCUT2D eigenvalue weighted by Gasteiger charge is -2.26. The van der Waals surface area contributed by atoms with E-state index in [0.717, 1.165) is 32.4 Å². The van der Waals surface area contributed by atoms with E-state index in [2.05, 4.69) is 0 Å². The van der Waals surface area contributed by atoms with Crippen molar-refractivity contribution in [2.45, 2.75) is 44.6 Å². The highest BCUT2D eigenvalue weighted by molar-refractivity contribution is 5.79. The first kappa shape index (κ1) is 10.9. The van der Waals surface area contributed by atoms with E-state index >= 15 is 0 Å². The molecular formula is C12H21NO2. The molecule has 2 fully saturated rings. The van der Waals surface area contributed by atoms with Gasteiger partial charge in [0.05, 0.1) is 6.10 Å². The van der Waals surface area contributed by atoms with Crippen molar-refractivity contribution in [2.24, 2.45) is 5.92 Å². The van der Waals surface area contributed by atoms with Crippen LogP contribution in [-0.2, 0) is 9.53 Å². The highest BCUT2D eigenvalue weighted by atomic mass is 16.5. The Morgan fingerprint density at radius 2 is 1.93 bits per heavy atom. The summed E-state index contributed by atoms with van der Waals surface area (Å²) in [6.45, 7) is 1.71. The van der Waals surface area contributed by atoms with Crippen molar-refractivity contribution in [1.82, 2.24) is 4.90 Å². The molecule has 15 heavy (non-hydrogen) atoms. The van der Waals surface area contributed by atoms with Crippen molar-refractivity contribution in [3.63, 3.8) is 0 Å². The molecule has 0 spiro atoms. The van der Waals surface area contributed by atoms with E-state index in [9.17, 15) is 4.79 Å². The van der Waals surface area contributed by atoms with Crippen LogP contribution in [0.25, 0.3) is 0 Å². The molecule has 1 unspecified atom stereocenters. The van der Waals surface area contributed by atoms with Gasteiger partial charge in [0, 0.05) is 26.1 Å². The third kappa shape index (κ3) is 2.51. The molecule has 0 radical (unpaired) electrons. The Labute approximate surface area is 91.8 Å². The molecular weight excluding hydrogens is 190 g/mol.